The highest BCUT2D eigenvalue weighted by Crippen LogP contribution is 2.42. The van der Waals surface area contributed by atoms with Crippen LogP contribution >= 0.6 is 11.3 Å². The molecule has 0 bridgehead atoms. The molecule has 1 aliphatic heterocycles. The van der Waals surface area contributed by atoms with Gasteiger partial charge in [-0.1, -0.05) is 84.9 Å². The lowest BCUT2D eigenvalue weighted by Gasteiger charge is -2.32. The SMILES string of the molecule is CC1(C)OB(c2cc(-c3cccc4c3oc3ccccc34)cc(-c3cccc4c3sc3ccccc34)c2)OC1(C)C. The molecular weight excluding hydrogens is 523 g/mol. The van der Waals surface area contributed by atoms with E-state index >= 15 is 0 Å². The van der Waals surface area contributed by atoms with E-state index in [0.717, 1.165) is 44.1 Å². The molecule has 5 heteroatoms. The molecule has 0 N–H and O–H groups in total. The summed E-state index contributed by atoms with van der Waals surface area (Å²) < 4.78 is 22.2. The standard InChI is InChI=1S/C36H29BO3S/c1-35(2)36(3,4)40-37(39-35)24-20-22(25-13-9-15-29-27-11-5-7-17-31(27)38-33(25)29)19-23(21-24)26-14-10-16-30-28-12-6-8-18-32(28)41-34(26)30/h5-21H,1-4H3. The summed E-state index contributed by atoms with van der Waals surface area (Å²) in [6.07, 6.45) is 0. The molecule has 0 aliphatic carbocycles. The second kappa shape index (κ2) is 8.80. The van der Waals surface area contributed by atoms with Crippen LogP contribution in [0.2, 0.25) is 0 Å². The Kier molecular flexibility index (Phi) is 5.34. The van der Waals surface area contributed by atoms with Crippen molar-refractivity contribution in [2.24, 2.45) is 0 Å². The maximum Gasteiger partial charge on any atom is 0.494 e. The van der Waals surface area contributed by atoms with E-state index in [2.05, 4.69) is 119 Å². The van der Waals surface area contributed by atoms with E-state index in [1.54, 1.807) is 0 Å². The summed E-state index contributed by atoms with van der Waals surface area (Å²) in [5.74, 6) is 0. The van der Waals surface area contributed by atoms with Crippen LogP contribution in [0.25, 0.3) is 64.4 Å². The molecule has 1 saturated heterocycles. The summed E-state index contributed by atoms with van der Waals surface area (Å²) in [7, 11) is -0.477. The summed E-state index contributed by atoms with van der Waals surface area (Å²) in [5, 5.41) is 4.82. The van der Waals surface area contributed by atoms with Crippen LogP contribution < -0.4 is 5.46 Å². The highest BCUT2D eigenvalue weighted by atomic mass is 32.1. The van der Waals surface area contributed by atoms with E-state index in [0.29, 0.717) is 0 Å². The van der Waals surface area contributed by atoms with Gasteiger partial charge in [0.1, 0.15) is 11.2 Å². The monoisotopic (exact) mass is 552 g/mol. The number of hydrogen-bond donors (Lipinski definition) is 0. The van der Waals surface area contributed by atoms with E-state index < -0.39 is 18.3 Å². The minimum atomic E-state index is -0.477. The Labute approximate surface area is 243 Å². The van der Waals surface area contributed by atoms with Crippen LogP contribution in [0.4, 0.5) is 0 Å². The van der Waals surface area contributed by atoms with E-state index in [-0.39, 0.29) is 0 Å². The zero-order valence-corrected chi connectivity index (χ0v) is 24.3. The lowest BCUT2D eigenvalue weighted by Crippen LogP contribution is -2.41. The zero-order chi connectivity index (χ0) is 27.9. The third-order valence-electron chi connectivity index (χ3n) is 8.91. The fraction of sp³-hybridized carbons (Fsp3) is 0.167. The van der Waals surface area contributed by atoms with Gasteiger partial charge in [-0.15, -0.1) is 11.3 Å². The van der Waals surface area contributed by atoms with Gasteiger partial charge in [0.25, 0.3) is 0 Å². The van der Waals surface area contributed by atoms with Gasteiger partial charge in [0.2, 0.25) is 0 Å². The van der Waals surface area contributed by atoms with Gasteiger partial charge in [-0.3, -0.25) is 0 Å². The Morgan fingerprint density at radius 3 is 1.98 bits per heavy atom. The topological polar surface area (TPSA) is 31.6 Å². The van der Waals surface area contributed by atoms with Crippen LogP contribution in [0, 0.1) is 0 Å². The van der Waals surface area contributed by atoms with Crippen molar-refractivity contribution in [3.8, 4) is 22.3 Å². The average Bonchev–Trinajstić information content (AvgIpc) is 3.61. The molecule has 0 amide bonds. The van der Waals surface area contributed by atoms with Crippen molar-refractivity contribution >= 4 is 66.0 Å². The van der Waals surface area contributed by atoms with Crippen molar-refractivity contribution in [1.82, 2.24) is 0 Å². The third-order valence-corrected chi connectivity index (χ3v) is 10.1. The van der Waals surface area contributed by atoms with Gasteiger partial charge >= 0.3 is 7.12 Å². The summed E-state index contributed by atoms with van der Waals surface area (Å²) in [5.41, 5.74) is 6.41. The Balaban J connectivity index is 1.39. The van der Waals surface area contributed by atoms with Crippen molar-refractivity contribution in [3.05, 3.63) is 103 Å². The molecule has 2 aromatic heterocycles. The first-order valence-corrected chi connectivity index (χ1v) is 14.9. The molecule has 1 aliphatic rings. The molecule has 41 heavy (non-hydrogen) atoms. The third kappa shape index (κ3) is 3.80. The molecular formula is C36H29BO3S. The molecule has 200 valence electrons. The largest absolute Gasteiger partial charge is 0.494 e. The average molecular weight is 553 g/mol. The van der Waals surface area contributed by atoms with Gasteiger partial charge in [-0.2, -0.15) is 0 Å². The molecule has 0 spiro atoms. The van der Waals surface area contributed by atoms with Crippen LogP contribution in [-0.2, 0) is 9.31 Å². The van der Waals surface area contributed by atoms with E-state index in [1.165, 1.54) is 25.7 Å². The Hall–Kier alpha value is -3.90. The molecule has 0 radical (unpaired) electrons. The van der Waals surface area contributed by atoms with Gasteiger partial charge in [0.05, 0.1) is 11.2 Å². The van der Waals surface area contributed by atoms with E-state index in [1.807, 2.05) is 23.5 Å². The second-order valence-electron chi connectivity index (χ2n) is 12.0. The van der Waals surface area contributed by atoms with Crippen molar-refractivity contribution < 1.29 is 13.7 Å². The minimum Gasteiger partial charge on any atom is -0.455 e. The highest BCUT2D eigenvalue weighted by Gasteiger charge is 2.51. The molecule has 0 saturated carbocycles. The number of furan rings is 1. The maximum absolute atomic E-state index is 6.56. The molecule has 0 unspecified atom stereocenters. The van der Waals surface area contributed by atoms with Gasteiger partial charge < -0.3 is 13.7 Å². The van der Waals surface area contributed by atoms with Gasteiger partial charge in [-0.05, 0) is 68.0 Å². The number of fused-ring (bicyclic) bond motifs is 6. The smallest absolute Gasteiger partial charge is 0.455 e. The van der Waals surface area contributed by atoms with Crippen molar-refractivity contribution in [1.29, 1.82) is 0 Å². The quantitative estimate of drug-likeness (QED) is 0.205. The van der Waals surface area contributed by atoms with Crippen LogP contribution in [0.3, 0.4) is 0 Å². The van der Waals surface area contributed by atoms with Gasteiger partial charge in [0, 0.05) is 36.5 Å². The minimum absolute atomic E-state index is 0.432. The molecule has 3 nitrogen and oxygen atoms in total. The van der Waals surface area contributed by atoms with E-state index in [9.17, 15) is 0 Å². The number of thiophene rings is 1. The molecule has 8 rings (SSSR count). The Bertz CT molecular complexity index is 1990. The molecule has 7 aromatic rings. The first-order chi connectivity index (χ1) is 19.8. The van der Waals surface area contributed by atoms with Crippen LogP contribution in [0.1, 0.15) is 27.7 Å². The summed E-state index contributed by atoms with van der Waals surface area (Å²) >= 11 is 1.85. The highest BCUT2D eigenvalue weighted by molar-refractivity contribution is 7.26. The van der Waals surface area contributed by atoms with Crippen molar-refractivity contribution in [2.75, 3.05) is 0 Å². The van der Waals surface area contributed by atoms with Crippen molar-refractivity contribution in [2.45, 2.75) is 38.9 Å². The predicted molar refractivity (Wildman–Crippen MR) is 173 cm³/mol. The number of benzene rings is 5. The zero-order valence-electron chi connectivity index (χ0n) is 23.5. The Morgan fingerprint density at radius 2 is 1.20 bits per heavy atom. The van der Waals surface area contributed by atoms with Gasteiger partial charge in [0.15, 0.2) is 0 Å². The fourth-order valence-electron chi connectivity index (χ4n) is 6.03. The predicted octanol–water partition coefficient (Wildman–Crippen LogP) is 9.59. The van der Waals surface area contributed by atoms with Crippen LogP contribution in [0.15, 0.2) is 108 Å². The first kappa shape index (κ1) is 24.9. The lowest BCUT2D eigenvalue weighted by molar-refractivity contribution is 0.00578. The number of para-hydroxylation sites is 2. The molecule has 3 heterocycles. The molecule has 0 atom stereocenters. The maximum atomic E-state index is 6.56. The van der Waals surface area contributed by atoms with Gasteiger partial charge in [-0.25, -0.2) is 0 Å². The fourth-order valence-corrected chi connectivity index (χ4v) is 7.27. The summed E-state index contributed by atoms with van der Waals surface area (Å²) in [6, 6.07) is 36.7. The summed E-state index contributed by atoms with van der Waals surface area (Å²) in [6.45, 7) is 8.41. The molecule has 1 fully saturated rings. The van der Waals surface area contributed by atoms with Crippen LogP contribution in [0.5, 0.6) is 0 Å². The molecule has 5 aromatic carbocycles. The number of hydrogen-bond acceptors (Lipinski definition) is 4. The van der Waals surface area contributed by atoms with Crippen LogP contribution in [-0.4, -0.2) is 18.3 Å². The van der Waals surface area contributed by atoms with Crippen molar-refractivity contribution in [3.63, 3.8) is 0 Å². The Morgan fingerprint density at radius 1 is 0.585 bits per heavy atom. The normalized spacial score (nSPS) is 16.4. The summed E-state index contributed by atoms with van der Waals surface area (Å²) in [4.78, 5) is 0. The lowest BCUT2D eigenvalue weighted by atomic mass is 9.76. The first-order valence-electron chi connectivity index (χ1n) is 14.1. The van der Waals surface area contributed by atoms with E-state index in [4.69, 9.17) is 13.7 Å². The second-order valence-corrected chi connectivity index (χ2v) is 13.0. The number of rotatable bonds is 3.